The first-order chi connectivity index (χ1) is 27.5. The molecule has 0 aromatic carbocycles. The van der Waals surface area contributed by atoms with Crippen molar-refractivity contribution in [3.05, 3.63) is 60.8 Å². The molecule has 0 aromatic heterocycles. The molecule has 0 amide bonds. The van der Waals surface area contributed by atoms with Crippen molar-refractivity contribution in [2.45, 2.75) is 226 Å². The van der Waals surface area contributed by atoms with Crippen LogP contribution in [0.15, 0.2) is 60.8 Å². The van der Waals surface area contributed by atoms with Gasteiger partial charge in [-0.3, -0.25) is 14.4 Å². The molecule has 0 spiro atoms. The standard InChI is InChI=1S/C50H86O6/c1-4-7-10-13-15-17-19-21-23-25-27-28-30-32-34-37-40-43-49(52)55-46-47(45-54-48(51)42-39-36-12-9-6-3)56-50(53)44-41-38-35-33-31-29-26-24-22-20-18-16-14-11-8-5-2/h7,10,15,17,21,23-24,26-28,47H,4-6,8-9,11-14,16,18-20,22,25,29-46H2,1-3H3/b10-7-,17-15-,23-21-,26-24-,28-27-. The molecule has 0 aromatic rings. The van der Waals surface area contributed by atoms with Gasteiger partial charge in [0.2, 0.25) is 0 Å². The number of carbonyl (C=O) groups is 3. The number of allylic oxidation sites excluding steroid dienone is 10. The lowest BCUT2D eigenvalue weighted by atomic mass is 10.1. The fourth-order valence-electron chi connectivity index (χ4n) is 6.25. The number of rotatable bonds is 41. The molecule has 0 fully saturated rings. The largest absolute Gasteiger partial charge is 0.462 e. The van der Waals surface area contributed by atoms with E-state index in [-0.39, 0.29) is 31.1 Å². The Balaban J connectivity index is 4.28. The van der Waals surface area contributed by atoms with Crippen LogP contribution >= 0.6 is 0 Å². The molecule has 0 aliphatic heterocycles. The van der Waals surface area contributed by atoms with E-state index in [1.165, 1.54) is 64.2 Å². The Labute approximate surface area is 345 Å². The summed E-state index contributed by atoms with van der Waals surface area (Å²) in [6, 6.07) is 0. The van der Waals surface area contributed by atoms with E-state index < -0.39 is 6.10 Å². The SMILES string of the molecule is CC/C=C\C/C=C\C/C=C\C/C=C\CCCCCCC(=O)OCC(COC(=O)CCCCCCC)OC(=O)CCCCCCC/C=C\CCCCCCCCC. The monoisotopic (exact) mass is 783 g/mol. The highest BCUT2D eigenvalue weighted by atomic mass is 16.6. The molecule has 0 bridgehead atoms. The predicted molar refractivity (Wildman–Crippen MR) is 238 cm³/mol. The lowest BCUT2D eigenvalue weighted by Gasteiger charge is -2.18. The van der Waals surface area contributed by atoms with E-state index in [9.17, 15) is 14.4 Å². The van der Waals surface area contributed by atoms with E-state index in [4.69, 9.17) is 14.2 Å². The van der Waals surface area contributed by atoms with Gasteiger partial charge >= 0.3 is 17.9 Å². The van der Waals surface area contributed by atoms with E-state index in [0.29, 0.717) is 19.3 Å². The molecule has 0 N–H and O–H groups in total. The first-order valence-electron chi connectivity index (χ1n) is 23.3. The quantitative estimate of drug-likeness (QED) is 0.0266. The van der Waals surface area contributed by atoms with E-state index >= 15 is 0 Å². The van der Waals surface area contributed by atoms with Gasteiger partial charge in [0.05, 0.1) is 0 Å². The molecule has 1 unspecified atom stereocenters. The molecule has 0 aliphatic carbocycles. The summed E-state index contributed by atoms with van der Waals surface area (Å²) in [6.45, 7) is 6.40. The van der Waals surface area contributed by atoms with Crippen molar-refractivity contribution in [2.24, 2.45) is 0 Å². The topological polar surface area (TPSA) is 78.9 Å². The Hall–Kier alpha value is -2.89. The third-order valence-corrected chi connectivity index (χ3v) is 9.76. The number of ether oxygens (including phenoxy) is 3. The van der Waals surface area contributed by atoms with Crippen LogP contribution in [-0.4, -0.2) is 37.2 Å². The Morgan fingerprint density at radius 3 is 1.11 bits per heavy atom. The van der Waals surface area contributed by atoms with Gasteiger partial charge in [-0.15, -0.1) is 0 Å². The zero-order valence-electron chi connectivity index (χ0n) is 36.6. The van der Waals surface area contributed by atoms with Gasteiger partial charge in [-0.05, 0) is 83.5 Å². The Morgan fingerprint density at radius 2 is 0.696 bits per heavy atom. The van der Waals surface area contributed by atoms with Crippen LogP contribution in [0.25, 0.3) is 0 Å². The maximum Gasteiger partial charge on any atom is 0.306 e. The third-order valence-electron chi connectivity index (χ3n) is 9.76. The number of hydrogen-bond donors (Lipinski definition) is 0. The summed E-state index contributed by atoms with van der Waals surface area (Å²) in [4.78, 5) is 37.5. The molecule has 0 rings (SSSR count). The second kappa shape index (κ2) is 44.8. The van der Waals surface area contributed by atoms with Gasteiger partial charge < -0.3 is 14.2 Å². The van der Waals surface area contributed by atoms with E-state index in [1.54, 1.807) is 0 Å². The first kappa shape index (κ1) is 53.1. The van der Waals surface area contributed by atoms with Crippen LogP contribution < -0.4 is 0 Å². The van der Waals surface area contributed by atoms with Gasteiger partial charge in [0.15, 0.2) is 6.10 Å². The smallest absolute Gasteiger partial charge is 0.306 e. The molecule has 6 heteroatoms. The summed E-state index contributed by atoms with van der Waals surface area (Å²) in [5.41, 5.74) is 0. The van der Waals surface area contributed by atoms with Crippen LogP contribution in [0.5, 0.6) is 0 Å². The molecular formula is C50H86O6. The van der Waals surface area contributed by atoms with Gasteiger partial charge in [-0.1, -0.05) is 178 Å². The minimum Gasteiger partial charge on any atom is -0.462 e. The van der Waals surface area contributed by atoms with Crippen molar-refractivity contribution in [2.75, 3.05) is 13.2 Å². The van der Waals surface area contributed by atoms with Crippen LogP contribution in [0.4, 0.5) is 0 Å². The highest BCUT2D eigenvalue weighted by Crippen LogP contribution is 2.13. The predicted octanol–water partition coefficient (Wildman–Crippen LogP) is 14.9. The normalized spacial score (nSPS) is 12.6. The molecule has 6 nitrogen and oxygen atoms in total. The van der Waals surface area contributed by atoms with E-state index in [0.717, 1.165) is 116 Å². The zero-order valence-corrected chi connectivity index (χ0v) is 36.6. The second-order valence-corrected chi connectivity index (χ2v) is 15.3. The molecular weight excluding hydrogens is 697 g/mol. The Bertz CT molecular complexity index is 1040. The van der Waals surface area contributed by atoms with Gasteiger partial charge in [0.1, 0.15) is 13.2 Å². The summed E-state index contributed by atoms with van der Waals surface area (Å²) >= 11 is 0. The fraction of sp³-hybridized carbons (Fsp3) is 0.740. The van der Waals surface area contributed by atoms with E-state index in [2.05, 4.69) is 81.5 Å². The molecule has 0 aliphatic rings. The summed E-state index contributed by atoms with van der Waals surface area (Å²) in [5.74, 6) is -0.935. The van der Waals surface area contributed by atoms with Crippen molar-refractivity contribution < 1.29 is 28.6 Å². The molecule has 1 atom stereocenters. The van der Waals surface area contributed by atoms with Crippen molar-refractivity contribution in [1.29, 1.82) is 0 Å². The maximum atomic E-state index is 12.7. The maximum absolute atomic E-state index is 12.7. The fourth-order valence-corrected chi connectivity index (χ4v) is 6.25. The molecule has 0 saturated heterocycles. The average Bonchev–Trinajstić information content (AvgIpc) is 3.19. The lowest BCUT2D eigenvalue weighted by molar-refractivity contribution is -0.167. The Kier molecular flexibility index (Phi) is 42.5. The molecule has 0 heterocycles. The minimum atomic E-state index is -0.783. The van der Waals surface area contributed by atoms with E-state index in [1.807, 2.05) is 0 Å². The van der Waals surface area contributed by atoms with Gasteiger partial charge in [-0.25, -0.2) is 0 Å². The van der Waals surface area contributed by atoms with Gasteiger partial charge in [0, 0.05) is 19.3 Å². The lowest BCUT2D eigenvalue weighted by Crippen LogP contribution is -2.30. The Morgan fingerprint density at radius 1 is 0.375 bits per heavy atom. The summed E-state index contributed by atoms with van der Waals surface area (Å²) in [5, 5.41) is 0. The summed E-state index contributed by atoms with van der Waals surface area (Å²) in [7, 11) is 0. The van der Waals surface area contributed by atoms with Gasteiger partial charge in [-0.2, -0.15) is 0 Å². The van der Waals surface area contributed by atoms with Crippen LogP contribution in [-0.2, 0) is 28.6 Å². The highest BCUT2D eigenvalue weighted by Gasteiger charge is 2.19. The zero-order chi connectivity index (χ0) is 40.8. The number of unbranched alkanes of at least 4 members (excludes halogenated alkanes) is 20. The van der Waals surface area contributed by atoms with Crippen LogP contribution in [0.3, 0.4) is 0 Å². The minimum absolute atomic E-state index is 0.0867. The van der Waals surface area contributed by atoms with Crippen molar-refractivity contribution >= 4 is 17.9 Å². The van der Waals surface area contributed by atoms with Crippen molar-refractivity contribution in [3.63, 3.8) is 0 Å². The molecule has 56 heavy (non-hydrogen) atoms. The summed E-state index contributed by atoms with van der Waals surface area (Å²) in [6.07, 6.45) is 53.8. The summed E-state index contributed by atoms with van der Waals surface area (Å²) < 4.78 is 16.6. The number of esters is 3. The number of carbonyl (C=O) groups excluding carboxylic acids is 3. The molecule has 0 radical (unpaired) electrons. The van der Waals surface area contributed by atoms with Crippen LogP contribution in [0.1, 0.15) is 220 Å². The first-order valence-corrected chi connectivity index (χ1v) is 23.3. The van der Waals surface area contributed by atoms with Gasteiger partial charge in [0.25, 0.3) is 0 Å². The molecule has 322 valence electrons. The van der Waals surface area contributed by atoms with Crippen molar-refractivity contribution in [3.8, 4) is 0 Å². The van der Waals surface area contributed by atoms with Crippen molar-refractivity contribution in [1.82, 2.24) is 0 Å². The number of hydrogen-bond acceptors (Lipinski definition) is 6. The van der Waals surface area contributed by atoms with Crippen LogP contribution in [0.2, 0.25) is 0 Å². The average molecular weight is 783 g/mol. The third kappa shape index (κ3) is 42.3. The molecule has 0 saturated carbocycles. The highest BCUT2D eigenvalue weighted by molar-refractivity contribution is 5.71. The van der Waals surface area contributed by atoms with Crippen LogP contribution in [0, 0.1) is 0 Å². The second-order valence-electron chi connectivity index (χ2n) is 15.3.